The van der Waals surface area contributed by atoms with Crippen LogP contribution >= 0.6 is 15.8 Å². The Morgan fingerprint density at radius 3 is 0.764 bits per heavy atom. The molecule has 0 bridgehead atoms. The first-order valence-corrected chi connectivity index (χ1v) is 27.1. The van der Waals surface area contributed by atoms with E-state index >= 15 is 19.2 Å². The van der Waals surface area contributed by atoms with E-state index in [2.05, 4.69) is 21.3 Å². The van der Waals surface area contributed by atoms with E-state index in [1.54, 1.807) is 52.0 Å². The average Bonchev–Trinajstić information content (AvgIpc) is 3.97. The second kappa shape index (κ2) is 21.2. The van der Waals surface area contributed by atoms with Gasteiger partial charge < -0.3 is 21.3 Å². The summed E-state index contributed by atoms with van der Waals surface area (Å²) in [4.78, 5) is 119. The molecule has 0 spiro atoms. The van der Waals surface area contributed by atoms with Gasteiger partial charge in [0.2, 0.25) is 47.3 Å². The summed E-state index contributed by atoms with van der Waals surface area (Å²) in [5, 5.41) is 17.6. The van der Waals surface area contributed by atoms with Crippen molar-refractivity contribution in [2.75, 3.05) is 0 Å². The number of fused-ring (bicyclic) bond motifs is 2. The Hall–Kier alpha value is -7.28. The minimum absolute atomic E-state index is 0.211. The number of carbonyl (C=O) groups is 8. The van der Waals surface area contributed by atoms with Crippen LogP contribution in [-0.2, 0) is 38.4 Å². The zero-order chi connectivity index (χ0) is 50.8. The van der Waals surface area contributed by atoms with Gasteiger partial charge in [-0.05, 0) is 76.4 Å². The Morgan fingerprint density at radius 2 is 0.556 bits per heavy atom. The predicted octanol–water partition coefficient (Wildman–Crippen LogP) is 5.47. The fourth-order valence-corrected chi connectivity index (χ4v) is 16.6. The smallest absolute Gasteiger partial charge is 0.250 e. The van der Waals surface area contributed by atoms with Crippen LogP contribution < -0.4 is 31.9 Å². The van der Waals surface area contributed by atoms with Gasteiger partial charge in [-0.15, -0.1) is 0 Å². The van der Waals surface area contributed by atoms with E-state index in [-0.39, 0.29) is 25.7 Å². The number of hydrogen-bond donors (Lipinski definition) is 4. The molecule has 4 fully saturated rings. The van der Waals surface area contributed by atoms with Gasteiger partial charge >= 0.3 is 0 Å². The van der Waals surface area contributed by atoms with Gasteiger partial charge in [0.1, 0.15) is 0 Å². The highest BCUT2D eigenvalue weighted by Crippen LogP contribution is 2.61. The van der Waals surface area contributed by atoms with Crippen LogP contribution in [0.5, 0.6) is 0 Å². The minimum Gasteiger partial charge on any atom is -0.347 e. The molecule has 8 atom stereocenters. The fraction of sp³-hybridized carbons (Fsp3) is 0.296. The SMILES string of the molecule is C[C@H](NC(=O)[C@@H]1N2C(=O)CCC(=O)N2[C@@H](C(=O)N[C@@H](C)c2ccccc2)P1c1ccccc1P1[C@H](C(=O)N[C@@H](C)c2ccccc2)N2C(=O)CCC(=O)N2[C@H]1C(=O)N[C@@H](C)c1ccccc1)c1ccccc1. The number of carbonyl (C=O) groups excluding carboxylic acids is 8. The molecule has 4 heterocycles. The van der Waals surface area contributed by atoms with Crippen LogP contribution in [0.4, 0.5) is 0 Å². The number of nitrogens with zero attached hydrogens (tertiary/aromatic N) is 4. The lowest BCUT2D eigenvalue weighted by Crippen LogP contribution is -2.58. The first-order valence-electron chi connectivity index (χ1n) is 24.1. The molecule has 16 nitrogen and oxygen atoms in total. The van der Waals surface area contributed by atoms with E-state index in [0.29, 0.717) is 10.6 Å². The van der Waals surface area contributed by atoms with E-state index in [0.717, 1.165) is 42.3 Å². The normalized spacial score (nSPS) is 21.8. The highest BCUT2D eigenvalue weighted by atomic mass is 31.1. The van der Waals surface area contributed by atoms with E-state index in [1.165, 1.54) is 0 Å². The lowest BCUT2D eigenvalue weighted by molar-refractivity contribution is -0.174. The van der Waals surface area contributed by atoms with E-state index < -0.39 is 110 Å². The Kier molecular flexibility index (Phi) is 14.6. The summed E-state index contributed by atoms with van der Waals surface area (Å²) in [5.74, 6) is -10.5. The van der Waals surface area contributed by atoms with Crippen molar-refractivity contribution < 1.29 is 38.4 Å². The van der Waals surface area contributed by atoms with Crippen LogP contribution in [0.25, 0.3) is 0 Å². The van der Waals surface area contributed by atoms with Crippen LogP contribution in [0.15, 0.2) is 146 Å². The molecule has 0 unspecified atom stereocenters. The number of hydrogen-bond acceptors (Lipinski definition) is 8. The molecular formula is C54H56N8O8P2. The van der Waals surface area contributed by atoms with E-state index in [9.17, 15) is 19.2 Å². The van der Waals surface area contributed by atoms with Crippen LogP contribution in [0.2, 0.25) is 0 Å². The lowest BCUT2D eigenvalue weighted by atomic mass is 10.1. The second-order valence-corrected chi connectivity index (χ2v) is 22.9. The van der Waals surface area contributed by atoms with E-state index in [1.807, 2.05) is 121 Å². The number of amides is 8. The molecule has 370 valence electrons. The van der Waals surface area contributed by atoms with Crippen molar-refractivity contribution in [3.05, 3.63) is 168 Å². The molecule has 5 aromatic carbocycles. The van der Waals surface area contributed by atoms with Crippen molar-refractivity contribution in [2.24, 2.45) is 0 Å². The zero-order valence-corrected chi connectivity index (χ0v) is 42.0. The molecule has 9 rings (SSSR count). The highest BCUT2D eigenvalue weighted by molar-refractivity contribution is 7.75. The topological polar surface area (TPSA) is 198 Å². The van der Waals surface area contributed by atoms with Crippen LogP contribution in [-0.4, -0.2) is 90.4 Å². The molecule has 4 N–H and O–H groups in total. The minimum atomic E-state index is -2.38. The number of nitrogens with one attached hydrogen (secondary N) is 4. The molecule has 18 heteroatoms. The largest absolute Gasteiger partial charge is 0.347 e. The molecule has 0 aromatic heterocycles. The molecule has 0 saturated carbocycles. The van der Waals surface area contributed by atoms with Gasteiger partial charge in [0, 0.05) is 25.7 Å². The standard InChI is InChI=1S/C54H56N8O8P2/c1-33(37-19-9-5-10-20-37)55-47(67)51-59-43(63)29-30-44(64)60(59)52(48(68)56-34(2)38-21-11-6-12-22-38)71(51)41-27-17-18-28-42(41)72-53(49(69)57-35(3)39-23-13-7-14-24-39)61-45(65)31-32-46(66)62(61)54(72)50(70)58-36(4)40-25-15-8-16-26-40/h5-28,33-36,51-54H,29-32H2,1-4H3,(H,55,67)(H,56,68)(H,57,69)(H,58,70)/t33-,34-,35-,36-,51+,52+,53+,54+/m0/s1. The summed E-state index contributed by atoms with van der Waals surface area (Å²) in [5.41, 5.74) is 3.07. The molecule has 4 aliphatic heterocycles. The number of benzene rings is 5. The van der Waals surface area contributed by atoms with Gasteiger partial charge in [0.15, 0.2) is 23.1 Å². The summed E-state index contributed by atoms with van der Waals surface area (Å²) in [6, 6.07) is 41.4. The lowest BCUT2D eigenvalue weighted by Gasteiger charge is -2.36. The second-order valence-electron chi connectivity index (χ2n) is 18.3. The summed E-state index contributed by atoms with van der Waals surface area (Å²) in [6.07, 6.45) is -0.843. The molecule has 0 radical (unpaired) electrons. The van der Waals surface area contributed by atoms with Crippen molar-refractivity contribution in [3.8, 4) is 0 Å². The van der Waals surface area contributed by atoms with E-state index in [4.69, 9.17) is 0 Å². The maximum Gasteiger partial charge on any atom is 0.250 e. The van der Waals surface area contributed by atoms with Crippen molar-refractivity contribution >= 4 is 73.7 Å². The average molecular weight is 1010 g/mol. The van der Waals surface area contributed by atoms with Gasteiger partial charge in [0.05, 0.1) is 24.2 Å². The molecule has 5 aromatic rings. The van der Waals surface area contributed by atoms with Gasteiger partial charge in [0.25, 0.3) is 0 Å². The third-order valence-electron chi connectivity index (χ3n) is 13.6. The molecule has 4 saturated heterocycles. The summed E-state index contributed by atoms with van der Waals surface area (Å²) in [6.45, 7) is 7.19. The van der Waals surface area contributed by atoms with Crippen molar-refractivity contribution in [2.45, 2.75) is 101 Å². The quantitative estimate of drug-likeness (QED) is 0.105. The molecule has 4 aliphatic rings. The van der Waals surface area contributed by atoms with Crippen LogP contribution in [0.1, 0.15) is 99.8 Å². The molecule has 8 amide bonds. The summed E-state index contributed by atoms with van der Waals surface area (Å²) < 4.78 is 0. The zero-order valence-electron chi connectivity index (χ0n) is 40.3. The van der Waals surface area contributed by atoms with Gasteiger partial charge in [-0.25, -0.2) is 20.0 Å². The monoisotopic (exact) mass is 1010 g/mol. The third-order valence-corrected chi connectivity index (χ3v) is 19.6. The Morgan fingerprint density at radius 1 is 0.361 bits per heavy atom. The fourth-order valence-electron chi connectivity index (χ4n) is 9.95. The molecular weight excluding hydrogens is 951 g/mol. The molecule has 0 aliphatic carbocycles. The van der Waals surface area contributed by atoms with Crippen molar-refractivity contribution in [1.82, 2.24) is 41.3 Å². The van der Waals surface area contributed by atoms with Gasteiger partial charge in [-0.2, -0.15) is 0 Å². The maximum atomic E-state index is 15.3. The Balaban J connectivity index is 1.24. The Labute approximate surface area is 420 Å². The van der Waals surface area contributed by atoms with Gasteiger partial charge in [-0.1, -0.05) is 146 Å². The van der Waals surface area contributed by atoms with Crippen molar-refractivity contribution in [1.29, 1.82) is 0 Å². The maximum absolute atomic E-state index is 15.3. The predicted molar refractivity (Wildman–Crippen MR) is 273 cm³/mol. The summed E-state index contributed by atoms with van der Waals surface area (Å²) in [7, 11) is -4.76. The number of rotatable bonds is 14. The Bertz CT molecular complexity index is 2520. The van der Waals surface area contributed by atoms with Gasteiger partial charge in [-0.3, -0.25) is 38.4 Å². The highest BCUT2D eigenvalue weighted by Gasteiger charge is 2.63. The molecule has 72 heavy (non-hydrogen) atoms. The third kappa shape index (κ3) is 9.60. The van der Waals surface area contributed by atoms with Crippen LogP contribution in [0.3, 0.4) is 0 Å². The first kappa shape index (κ1) is 49.7. The van der Waals surface area contributed by atoms with Crippen molar-refractivity contribution in [3.63, 3.8) is 0 Å². The van der Waals surface area contributed by atoms with Crippen LogP contribution in [0, 0.1) is 0 Å². The first-order chi connectivity index (χ1) is 34.7. The summed E-state index contributed by atoms with van der Waals surface area (Å²) >= 11 is 0. The number of hydrazine groups is 2.